The fourth-order valence-electron chi connectivity index (χ4n) is 3.15. The van der Waals surface area contributed by atoms with E-state index in [1.54, 1.807) is 0 Å². The second-order valence-electron chi connectivity index (χ2n) is 5.56. The van der Waals surface area contributed by atoms with Crippen molar-refractivity contribution in [2.45, 2.75) is 38.3 Å². The molecule has 1 aromatic carbocycles. The van der Waals surface area contributed by atoms with E-state index >= 15 is 0 Å². The summed E-state index contributed by atoms with van der Waals surface area (Å²) in [5, 5.41) is 10.2. The average Bonchev–Trinajstić information content (AvgIpc) is 3.06. The minimum atomic E-state index is -0.990. The molecule has 1 aliphatic rings. The molecule has 0 unspecified atom stereocenters. The van der Waals surface area contributed by atoms with Crippen LogP contribution in [0.5, 0.6) is 0 Å². The molecule has 4 nitrogen and oxygen atoms in total. The maximum Gasteiger partial charge on any atom is 0.372 e. The van der Waals surface area contributed by atoms with Crippen molar-refractivity contribution in [3.05, 3.63) is 35.6 Å². The summed E-state index contributed by atoms with van der Waals surface area (Å²) in [6, 6.07) is 8.10. The van der Waals surface area contributed by atoms with Crippen LogP contribution in [0.2, 0.25) is 0 Å². The molecule has 0 atom stereocenters. The SMILES string of the molecule is CN(Cc1c(C(=O)O)oc2ccccc12)C1CCCC1. The van der Waals surface area contributed by atoms with E-state index in [1.165, 1.54) is 25.7 Å². The Balaban J connectivity index is 1.96. The number of fused-ring (bicyclic) bond motifs is 1. The zero-order valence-corrected chi connectivity index (χ0v) is 11.6. The summed E-state index contributed by atoms with van der Waals surface area (Å²) in [6.45, 7) is 0.628. The fraction of sp³-hybridized carbons (Fsp3) is 0.438. The van der Waals surface area contributed by atoms with Crippen molar-refractivity contribution in [3.8, 4) is 0 Å². The Morgan fingerprint density at radius 2 is 2.05 bits per heavy atom. The first kappa shape index (κ1) is 13.2. The maximum absolute atomic E-state index is 11.4. The lowest BCUT2D eigenvalue weighted by atomic mass is 10.1. The lowest BCUT2D eigenvalue weighted by molar-refractivity contribution is 0.0661. The van der Waals surface area contributed by atoms with Gasteiger partial charge in [-0.3, -0.25) is 4.90 Å². The van der Waals surface area contributed by atoms with Gasteiger partial charge in [0, 0.05) is 23.5 Å². The smallest absolute Gasteiger partial charge is 0.372 e. The quantitative estimate of drug-likeness (QED) is 0.926. The van der Waals surface area contributed by atoms with Gasteiger partial charge in [-0.05, 0) is 26.0 Å². The predicted molar refractivity (Wildman–Crippen MR) is 76.9 cm³/mol. The van der Waals surface area contributed by atoms with E-state index in [0.29, 0.717) is 18.2 Å². The van der Waals surface area contributed by atoms with Gasteiger partial charge in [0.25, 0.3) is 0 Å². The van der Waals surface area contributed by atoms with Crippen LogP contribution < -0.4 is 0 Å². The number of carboxylic acids is 1. The maximum atomic E-state index is 11.4. The van der Waals surface area contributed by atoms with Crippen molar-refractivity contribution >= 4 is 16.9 Å². The Morgan fingerprint density at radius 3 is 2.75 bits per heavy atom. The summed E-state index contributed by atoms with van der Waals surface area (Å²) in [6.07, 6.45) is 4.95. The molecule has 0 radical (unpaired) electrons. The summed E-state index contributed by atoms with van der Waals surface area (Å²) in [4.78, 5) is 13.6. The third-order valence-electron chi connectivity index (χ3n) is 4.25. The van der Waals surface area contributed by atoms with Crippen molar-refractivity contribution in [1.82, 2.24) is 4.90 Å². The lowest BCUT2D eigenvalue weighted by Crippen LogP contribution is -2.29. The third-order valence-corrected chi connectivity index (χ3v) is 4.25. The largest absolute Gasteiger partial charge is 0.475 e. The first-order chi connectivity index (χ1) is 9.66. The zero-order valence-electron chi connectivity index (χ0n) is 11.6. The number of carbonyl (C=O) groups is 1. The molecule has 1 fully saturated rings. The number of hydrogen-bond acceptors (Lipinski definition) is 3. The molecule has 1 heterocycles. The number of para-hydroxylation sites is 1. The summed E-state index contributed by atoms with van der Waals surface area (Å²) in [5.74, 6) is -0.910. The van der Waals surface area contributed by atoms with E-state index in [-0.39, 0.29) is 5.76 Å². The highest BCUT2D eigenvalue weighted by Crippen LogP contribution is 2.29. The topological polar surface area (TPSA) is 53.7 Å². The summed E-state index contributed by atoms with van der Waals surface area (Å²) < 4.78 is 5.50. The van der Waals surface area contributed by atoms with Gasteiger partial charge >= 0.3 is 5.97 Å². The van der Waals surface area contributed by atoms with Crippen molar-refractivity contribution in [2.75, 3.05) is 7.05 Å². The first-order valence-corrected chi connectivity index (χ1v) is 7.11. The number of carboxylic acid groups (broad SMARTS) is 1. The first-order valence-electron chi connectivity index (χ1n) is 7.11. The number of hydrogen-bond donors (Lipinski definition) is 1. The van der Waals surface area contributed by atoms with Crippen LogP contribution in [0.3, 0.4) is 0 Å². The highest BCUT2D eigenvalue weighted by atomic mass is 16.4. The number of rotatable bonds is 4. The van der Waals surface area contributed by atoms with Gasteiger partial charge in [0.15, 0.2) is 0 Å². The molecular formula is C16H19NO3. The standard InChI is InChI=1S/C16H19NO3/c1-17(11-6-2-3-7-11)10-13-12-8-4-5-9-14(12)20-15(13)16(18)19/h4-5,8-9,11H,2-3,6-7,10H2,1H3,(H,18,19). The van der Waals surface area contributed by atoms with Crippen LogP contribution in [0.25, 0.3) is 11.0 Å². The molecule has 0 saturated heterocycles. The minimum Gasteiger partial charge on any atom is -0.475 e. The van der Waals surface area contributed by atoms with E-state index in [1.807, 2.05) is 24.3 Å². The highest BCUT2D eigenvalue weighted by Gasteiger charge is 2.25. The van der Waals surface area contributed by atoms with Crippen molar-refractivity contribution in [3.63, 3.8) is 0 Å². The Morgan fingerprint density at radius 1 is 1.35 bits per heavy atom. The van der Waals surface area contributed by atoms with Crippen LogP contribution in [0.15, 0.2) is 28.7 Å². The van der Waals surface area contributed by atoms with Gasteiger partial charge in [-0.25, -0.2) is 4.79 Å². The Bertz CT molecular complexity index is 626. The molecule has 106 valence electrons. The average molecular weight is 273 g/mol. The molecule has 1 N–H and O–H groups in total. The van der Waals surface area contributed by atoms with Gasteiger partial charge < -0.3 is 9.52 Å². The molecule has 0 aliphatic heterocycles. The van der Waals surface area contributed by atoms with Gasteiger partial charge in [-0.1, -0.05) is 31.0 Å². The molecule has 0 bridgehead atoms. The second kappa shape index (κ2) is 5.29. The lowest BCUT2D eigenvalue weighted by Gasteiger charge is -2.23. The summed E-state index contributed by atoms with van der Waals surface area (Å²) in [5.41, 5.74) is 1.45. The van der Waals surface area contributed by atoms with Crippen LogP contribution >= 0.6 is 0 Å². The van der Waals surface area contributed by atoms with Gasteiger partial charge in [-0.2, -0.15) is 0 Å². The van der Waals surface area contributed by atoms with Crippen LogP contribution in [-0.2, 0) is 6.54 Å². The Hall–Kier alpha value is -1.81. The van der Waals surface area contributed by atoms with Gasteiger partial charge in [-0.15, -0.1) is 0 Å². The second-order valence-corrected chi connectivity index (χ2v) is 5.56. The molecule has 0 amide bonds. The number of benzene rings is 1. The van der Waals surface area contributed by atoms with Crippen LogP contribution in [0.4, 0.5) is 0 Å². The van der Waals surface area contributed by atoms with E-state index in [9.17, 15) is 9.90 Å². The van der Waals surface area contributed by atoms with Gasteiger partial charge in [0.05, 0.1) is 0 Å². The third kappa shape index (κ3) is 2.31. The summed E-state index contributed by atoms with van der Waals surface area (Å²) >= 11 is 0. The van der Waals surface area contributed by atoms with E-state index in [4.69, 9.17) is 4.42 Å². The molecule has 1 saturated carbocycles. The summed E-state index contributed by atoms with van der Waals surface area (Å²) in [7, 11) is 2.07. The Labute approximate surface area is 118 Å². The Kier molecular flexibility index (Phi) is 3.49. The van der Waals surface area contributed by atoms with Gasteiger partial charge in [0.1, 0.15) is 5.58 Å². The molecular weight excluding hydrogens is 254 g/mol. The van der Waals surface area contributed by atoms with E-state index in [0.717, 1.165) is 10.9 Å². The van der Waals surface area contributed by atoms with Crippen molar-refractivity contribution < 1.29 is 14.3 Å². The van der Waals surface area contributed by atoms with Crippen LogP contribution in [0.1, 0.15) is 41.8 Å². The molecule has 1 aromatic heterocycles. The van der Waals surface area contributed by atoms with Crippen LogP contribution in [0, 0.1) is 0 Å². The molecule has 0 spiro atoms. The minimum absolute atomic E-state index is 0.0797. The van der Waals surface area contributed by atoms with Crippen molar-refractivity contribution in [1.29, 1.82) is 0 Å². The van der Waals surface area contributed by atoms with Gasteiger partial charge in [0.2, 0.25) is 5.76 Å². The number of furan rings is 1. The molecule has 1 aliphatic carbocycles. The fourth-order valence-corrected chi connectivity index (χ4v) is 3.15. The normalized spacial score (nSPS) is 16.3. The number of aromatic carboxylic acids is 1. The monoisotopic (exact) mass is 273 g/mol. The van der Waals surface area contributed by atoms with E-state index in [2.05, 4.69) is 11.9 Å². The predicted octanol–water partition coefficient (Wildman–Crippen LogP) is 3.51. The van der Waals surface area contributed by atoms with E-state index < -0.39 is 5.97 Å². The van der Waals surface area contributed by atoms with Crippen molar-refractivity contribution in [2.24, 2.45) is 0 Å². The highest BCUT2D eigenvalue weighted by molar-refractivity contribution is 5.95. The molecule has 3 rings (SSSR count). The molecule has 2 aromatic rings. The zero-order chi connectivity index (χ0) is 14.1. The number of nitrogens with zero attached hydrogens (tertiary/aromatic N) is 1. The van der Waals surface area contributed by atoms with Crippen LogP contribution in [-0.4, -0.2) is 29.1 Å². The molecule has 20 heavy (non-hydrogen) atoms. The molecule has 4 heteroatoms.